The van der Waals surface area contributed by atoms with Crippen LogP contribution in [0.3, 0.4) is 0 Å². The molecule has 2 rings (SSSR count). The zero-order valence-electron chi connectivity index (χ0n) is 11.9. The minimum Gasteiger partial charge on any atom is -0.452 e. The SMILES string of the molecule is CNCc1nc(C(C)C)ncc1Oc1ccccc1Cl. The molecule has 0 saturated carbocycles. The first-order valence-corrected chi connectivity index (χ1v) is 6.92. The number of nitrogens with zero attached hydrogens (tertiary/aromatic N) is 2. The highest BCUT2D eigenvalue weighted by molar-refractivity contribution is 6.32. The van der Waals surface area contributed by atoms with Gasteiger partial charge in [-0.15, -0.1) is 0 Å². The average molecular weight is 292 g/mol. The summed E-state index contributed by atoms with van der Waals surface area (Å²) < 4.78 is 5.83. The maximum atomic E-state index is 6.10. The van der Waals surface area contributed by atoms with Crippen LogP contribution in [0.25, 0.3) is 0 Å². The first-order valence-electron chi connectivity index (χ1n) is 6.54. The Bertz CT molecular complexity index is 587. The molecule has 0 saturated heterocycles. The summed E-state index contributed by atoms with van der Waals surface area (Å²) in [6.45, 7) is 4.74. The summed E-state index contributed by atoms with van der Waals surface area (Å²) in [6, 6.07) is 7.35. The first-order chi connectivity index (χ1) is 9.61. The monoisotopic (exact) mass is 291 g/mol. The van der Waals surface area contributed by atoms with Gasteiger partial charge in [0.1, 0.15) is 17.3 Å². The van der Waals surface area contributed by atoms with E-state index >= 15 is 0 Å². The van der Waals surface area contributed by atoms with E-state index in [4.69, 9.17) is 16.3 Å². The smallest absolute Gasteiger partial charge is 0.168 e. The minimum absolute atomic E-state index is 0.278. The highest BCUT2D eigenvalue weighted by Gasteiger charge is 2.12. The fourth-order valence-corrected chi connectivity index (χ4v) is 1.90. The largest absolute Gasteiger partial charge is 0.452 e. The lowest BCUT2D eigenvalue weighted by Crippen LogP contribution is -2.11. The van der Waals surface area contributed by atoms with Crippen LogP contribution < -0.4 is 10.1 Å². The van der Waals surface area contributed by atoms with E-state index in [1.54, 1.807) is 12.3 Å². The van der Waals surface area contributed by atoms with Gasteiger partial charge in [-0.3, -0.25) is 0 Å². The summed E-state index contributed by atoms with van der Waals surface area (Å²) in [7, 11) is 1.87. The lowest BCUT2D eigenvalue weighted by Gasteiger charge is -2.13. The zero-order valence-corrected chi connectivity index (χ0v) is 12.6. The van der Waals surface area contributed by atoms with E-state index < -0.39 is 0 Å². The second-order valence-electron chi connectivity index (χ2n) is 4.76. The number of para-hydroxylation sites is 1. The lowest BCUT2D eigenvalue weighted by atomic mass is 10.2. The molecule has 0 aliphatic carbocycles. The molecule has 4 nitrogen and oxygen atoms in total. The van der Waals surface area contributed by atoms with Crippen LogP contribution in [0, 0.1) is 0 Å². The summed E-state index contributed by atoms with van der Waals surface area (Å²) in [5, 5.41) is 3.65. The molecule has 20 heavy (non-hydrogen) atoms. The van der Waals surface area contributed by atoms with Crippen LogP contribution in [-0.2, 0) is 6.54 Å². The van der Waals surface area contributed by atoms with Crippen molar-refractivity contribution in [1.82, 2.24) is 15.3 Å². The van der Waals surface area contributed by atoms with Gasteiger partial charge >= 0.3 is 0 Å². The van der Waals surface area contributed by atoms with E-state index in [1.807, 2.05) is 25.2 Å². The van der Waals surface area contributed by atoms with E-state index in [0.29, 0.717) is 23.1 Å². The van der Waals surface area contributed by atoms with Crippen LogP contribution in [-0.4, -0.2) is 17.0 Å². The molecule has 1 aromatic heterocycles. The second kappa shape index (κ2) is 6.68. The third-order valence-electron chi connectivity index (χ3n) is 2.77. The summed E-state index contributed by atoms with van der Waals surface area (Å²) in [4.78, 5) is 8.89. The Morgan fingerprint density at radius 2 is 2.00 bits per heavy atom. The standard InChI is InChI=1S/C15H18ClN3O/c1-10(2)15-18-9-14(12(19-15)8-17-3)20-13-7-5-4-6-11(13)16/h4-7,9-10,17H,8H2,1-3H3. The number of ether oxygens (including phenoxy) is 1. The van der Waals surface area contributed by atoms with E-state index in [2.05, 4.69) is 29.1 Å². The van der Waals surface area contributed by atoms with Gasteiger partial charge in [0, 0.05) is 12.5 Å². The Balaban J connectivity index is 2.33. The van der Waals surface area contributed by atoms with Crippen molar-refractivity contribution >= 4 is 11.6 Å². The van der Waals surface area contributed by atoms with Crippen molar-refractivity contribution in [2.45, 2.75) is 26.3 Å². The molecular formula is C15H18ClN3O. The quantitative estimate of drug-likeness (QED) is 0.911. The molecule has 0 spiro atoms. The fourth-order valence-electron chi connectivity index (χ4n) is 1.72. The minimum atomic E-state index is 0.278. The Morgan fingerprint density at radius 1 is 1.25 bits per heavy atom. The molecule has 0 radical (unpaired) electrons. The number of rotatable bonds is 5. The van der Waals surface area contributed by atoms with Crippen LogP contribution in [0.4, 0.5) is 0 Å². The Labute approximate surface area is 124 Å². The fraction of sp³-hybridized carbons (Fsp3) is 0.333. The number of hydrogen-bond donors (Lipinski definition) is 1. The third kappa shape index (κ3) is 3.46. The molecule has 5 heteroatoms. The summed E-state index contributed by atoms with van der Waals surface area (Å²) >= 11 is 6.10. The molecule has 0 unspecified atom stereocenters. The van der Waals surface area contributed by atoms with Gasteiger partial charge in [-0.05, 0) is 19.2 Å². The predicted octanol–water partition coefficient (Wildman–Crippen LogP) is 3.77. The molecule has 0 fully saturated rings. The normalized spacial score (nSPS) is 10.8. The Hall–Kier alpha value is -1.65. The highest BCUT2D eigenvalue weighted by atomic mass is 35.5. The maximum Gasteiger partial charge on any atom is 0.168 e. The first kappa shape index (κ1) is 14.8. The second-order valence-corrected chi connectivity index (χ2v) is 5.16. The summed E-state index contributed by atoms with van der Waals surface area (Å²) in [5.74, 6) is 2.31. The number of hydrogen-bond acceptors (Lipinski definition) is 4. The van der Waals surface area contributed by atoms with Gasteiger partial charge in [-0.25, -0.2) is 9.97 Å². The van der Waals surface area contributed by atoms with Crippen molar-refractivity contribution < 1.29 is 4.74 Å². The van der Waals surface area contributed by atoms with Gasteiger partial charge in [-0.2, -0.15) is 0 Å². The predicted molar refractivity (Wildman–Crippen MR) is 80.4 cm³/mol. The molecule has 0 aliphatic rings. The van der Waals surface area contributed by atoms with E-state index in [1.165, 1.54) is 0 Å². The number of aromatic nitrogens is 2. The number of benzene rings is 1. The number of halogens is 1. The topological polar surface area (TPSA) is 47.0 Å². The molecule has 0 atom stereocenters. The van der Waals surface area contributed by atoms with Crippen LogP contribution in [0.2, 0.25) is 5.02 Å². The average Bonchev–Trinajstić information content (AvgIpc) is 2.43. The van der Waals surface area contributed by atoms with Crippen LogP contribution in [0.15, 0.2) is 30.5 Å². The van der Waals surface area contributed by atoms with Gasteiger partial charge in [0.15, 0.2) is 5.75 Å². The molecule has 0 aliphatic heterocycles. The summed E-state index contributed by atoms with van der Waals surface area (Å²) in [5.41, 5.74) is 0.825. The highest BCUT2D eigenvalue weighted by Crippen LogP contribution is 2.30. The van der Waals surface area contributed by atoms with Gasteiger partial charge < -0.3 is 10.1 Å². The van der Waals surface area contributed by atoms with Crippen molar-refractivity contribution in [3.05, 3.63) is 47.0 Å². The van der Waals surface area contributed by atoms with Gasteiger partial charge in [-0.1, -0.05) is 37.6 Å². The zero-order chi connectivity index (χ0) is 14.5. The van der Waals surface area contributed by atoms with Gasteiger partial charge in [0.2, 0.25) is 0 Å². The molecule has 0 amide bonds. The Morgan fingerprint density at radius 3 is 2.65 bits per heavy atom. The molecule has 2 aromatic rings. The van der Waals surface area contributed by atoms with Gasteiger partial charge in [0.25, 0.3) is 0 Å². The summed E-state index contributed by atoms with van der Waals surface area (Å²) in [6.07, 6.45) is 1.71. The van der Waals surface area contributed by atoms with Crippen LogP contribution in [0.5, 0.6) is 11.5 Å². The van der Waals surface area contributed by atoms with Crippen LogP contribution in [0.1, 0.15) is 31.3 Å². The number of nitrogens with one attached hydrogen (secondary N) is 1. The van der Waals surface area contributed by atoms with E-state index in [-0.39, 0.29) is 5.92 Å². The maximum absolute atomic E-state index is 6.10. The molecule has 106 valence electrons. The lowest BCUT2D eigenvalue weighted by molar-refractivity contribution is 0.464. The molecular weight excluding hydrogens is 274 g/mol. The third-order valence-corrected chi connectivity index (χ3v) is 3.08. The molecule has 1 heterocycles. The molecule has 1 N–H and O–H groups in total. The van der Waals surface area contributed by atoms with Crippen molar-refractivity contribution in [2.75, 3.05) is 7.05 Å². The van der Waals surface area contributed by atoms with E-state index in [9.17, 15) is 0 Å². The molecule has 1 aromatic carbocycles. The van der Waals surface area contributed by atoms with Crippen molar-refractivity contribution in [2.24, 2.45) is 0 Å². The molecule has 0 bridgehead atoms. The van der Waals surface area contributed by atoms with Gasteiger partial charge in [0.05, 0.1) is 11.2 Å². The Kier molecular flexibility index (Phi) is 4.93. The van der Waals surface area contributed by atoms with Crippen molar-refractivity contribution in [3.63, 3.8) is 0 Å². The van der Waals surface area contributed by atoms with Crippen molar-refractivity contribution in [1.29, 1.82) is 0 Å². The van der Waals surface area contributed by atoms with Crippen molar-refractivity contribution in [3.8, 4) is 11.5 Å². The van der Waals surface area contributed by atoms with Crippen LogP contribution >= 0.6 is 11.6 Å². The van der Waals surface area contributed by atoms with E-state index in [0.717, 1.165) is 11.5 Å².